The molecular formula is C16H21N3O. The van der Waals surface area contributed by atoms with E-state index in [1.165, 1.54) is 0 Å². The number of benzene rings is 1. The molecule has 0 bridgehead atoms. The first-order chi connectivity index (χ1) is 9.70. The van der Waals surface area contributed by atoms with E-state index in [-0.39, 0.29) is 6.04 Å². The molecule has 2 atom stereocenters. The molecule has 2 aromatic rings. The Morgan fingerprint density at radius 3 is 2.85 bits per heavy atom. The van der Waals surface area contributed by atoms with Crippen LogP contribution in [0.5, 0.6) is 0 Å². The molecule has 1 aliphatic rings. The van der Waals surface area contributed by atoms with Crippen LogP contribution in [0.2, 0.25) is 0 Å². The Morgan fingerprint density at radius 1 is 1.30 bits per heavy atom. The van der Waals surface area contributed by atoms with Gasteiger partial charge in [0.05, 0.1) is 12.7 Å². The second-order valence-electron chi connectivity index (χ2n) is 5.78. The lowest BCUT2D eigenvalue weighted by Gasteiger charge is -2.33. The van der Waals surface area contributed by atoms with Gasteiger partial charge in [-0.3, -0.25) is 4.90 Å². The summed E-state index contributed by atoms with van der Waals surface area (Å²) in [5.41, 5.74) is 7.14. The Hall–Kier alpha value is -1.65. The number of hydrogen-bond acceptors (Lipinski definition) is 4. The summed E-state index contributed by atoms with van der Waals surface area (Å²) >= 11 is 0. The third kappa shape index (κ3) is 3.08. The molecular weight excluding hydrogens is 250 g/mol. The monoisotopic (exact) mass is 271 g/mol. The van der Waals surface area contributed by atoms with Crippen molar-refractivity contribution >= 4 is 0 Å². The molecule has 4 heteroatoms. The maximum absolute atomic E-state index is 6.07. The van der Waals surface area contributed by atoms with Gasteiger partial charge in [-0.1, -0.05) is 37.3 Å². The van der Waals surface area contributed by atoms with Crippen LogP contribution < -0.4 is 5.73 Å². The van der Waals surface area contributed by atoms with Gasteiger partial charge in [0.2, 0.25) is 5.89 Å². The molecule has 2 N–H and O–H groups in total. The zero-order chi connectivity index (χ0) is 13.9. The SMILES string of the molecule is CC1CC(N)CN(Cc2ncc(-c3ccccc3)o2)C1. The Bertz CT molecular complexity index is 542. The molecule has 0 radical (unpaired) electrons. The lowest BCUT2D eigenvalue weighted by Crippen LogP contribution is -2.45. The summed E-state index contributed by atoms with van der Waals surface area (Å²) in [5.74, 6) is 2.24. The van der Waals surface area contributed by atoms with Gasteiger partial charge in [-0.05, 0) is 12.3 Å². The maximum atomic E-state index is 6.07. The van der Waals surface area contributed by atoms with Crippen LogP contribution in [0.1, 0.15) is 19.2 Å². The number of hydrogen-bond donors (Lipinski definition) is 1. The smallest absolute Gasteiger partial charge is 0.209 e. The van der Waals surface area contributed by atoms with E-state index in [1.807, 2.05) is 30.3 Å². The standard InChI is InChI=1S/C16H21N3O/c1-12-7-14(17)10-19(9-12)11-16-18-8-15(20-16)13-5-3-2-4-6-13/h2-6,8,12,14H,7,9-11,17H2,1H3. The number of likely N-dealkylation sites (tertiary alicyclic amines) is 1. The molecule has 4 nitrogen and oxygen atoms in total. The van der Waals surface area contributed by atoms with Crippen LogP contribution in [0.25, 0.3) is 11.3 Å². The summed E-state index contributed by atoms with van der Waals surface area (Å²) in [4.78, 5) is 6.72. The van der Waals surface area contributed by atoms with Gasteiger partial charge in [0.1, 0.15) is 0 Å². The molecule has 0 spiro atoms. The molecule has 0 saturated carbocycles. The molecule has 0 aliphatic carbocycles. The molecule has 2 unspecified atom stereocenters. The van der Waals surface area contributed by atoms with Crippen molar-refractivity contribution in [3.05, 3.63) is 42.4 Å². The van der Waals surface area contributed by atoms with Gasteiger partial charge in [0.15, 0.2) is 5.76 Å². The summed E-state index contributed by atoms with van der Waals surface area (Å²) in [7, 11) is 0. The summed E-state index contributed by atoms with van der Waals surface area (Å²) in [6.45, 7) is 4.98. The fraction of sp³-hybridized carbons (Fsp3) is 0.438. The molecule has 1 aliphatic heterocycles. The maximum Gasteiger partial charge on any atom is 0.209 e. The third-order valence-corrected chi connectivity index (χ3v) is 3.74. The molecule has 2 heterocycles. The lowest BCUT2D eigenvalue weighted by molar-refractivity contribution is 0.146. The van der Waals surface area contributed by atoms with Crippen molar-refractivity contribution < 1.29 is 4.42 Å². The average molecular weight is 271 g/mol. The summed E-state index contributed by atoms with van der Waals surface area (Å²) < 4.78 is 5.85. The van der Waals surface area contributed by atoms with Crippen molar-refractivity contribution in [3.63, 3.8) is 0 Å². The van der Waals surface area contributed by atoms with Crippen LogP contribution >= 0.6 is 0 Å². The second kappa shape index (κ2) is 5.77. The van der Waals surface area contributed by atoms with E-state index >= 15 is 0 Å². The first-order valence-electron chi connectivity index (χ1n) is 7.19. The number of nitrogens with two attached hydrogens (primary N) is 1. The number of piperidine rings is 1. The zero-order valence-electron chi connectivity index (χ0n) is 11.8. The molecule has 3 rings (SSSR count). The van der Waals surface area contributed by atoms with Crippen molar-refractivity contribution in [1.82, 2.24) is 9.88 Å². The van der Waals surface area contributed by atoms with Crippen LogP contribution in [0.4, 0.5) is 0 Å². The van der Waals surface area contributed by atoms with E-state index in [2.05, 4.69) is 16.8 Å². The van der Waals surface area contributed by atoms with Gasteiger partial charge in [-0.25, -0.2) is 4.98 Å². The highest BCUT2D eigenvalue weighted by molar-refractivity contribution is 5.55. The van der Waals surface area contributed by atoms with Gasteiger partial charge in [0.25, 0.3) is 0 Å². The molecule has 1 aromatic heterocycles. The highest BCUT2D eigenvalue weighted by Gasteiger charge is 2.23. The molecule has 1 fully saturated rings. The van der Waals surface area contributed by atoms with Crippen LogP contribution in [0, 0.1) is 5.92 Å². The minimum absolute atomic E-state index is 0.266. The summed E-state index contributed by atoms with van der Waals surface area (Å²) in [6.07, 6.45) is 2.91. The predicted octanol–water partition coefficient (Wildman–Crippen LogP) is 2.51. The first-order valence-corrected chi connectivity index (χ1v) is 7.19. The number of nitrogens with zero attached hydrogens (tertiary/aromatic N) is 2. The summed E-state index contributed by atoms with van der Waals surface area (Å²) in [6, 6.07) is 10.3. The topological polar surface area (TPSA) is 55.3 Å². The number of aromatic nitrogens is 1. The van der Waals surface area contributed by atoms with Crippen LogP contribution in [0.3, 0.4) is 0 Å². The van der Waals surface area contributed by atoms with E-state index in [9.17, 15) is 0 Å². The fourth-order valence-electron chi connectivity index (χ4n) is 2.95. The lowest BCUT2D eigenvalue weighted by atomic mass is 9.97. The van der Waals surface area contributed by atoms with Gasteiger partial charge >= 0.3 is 0 Å². The van der Waals surface area contributed by atoms with Crippen LogP contribution in [0.15, 0.2) is 40.9 Å². The highest BCUT2D eigenvalue weighted by atomic mass is 16.4. The van der Waals surface area contributed by atoms with E-state index in [0.717, 1.165) is 43.3 Å². The molecule has 1 aromatic carbocycles. The van der Waals surface area contributed by atoms with E-state index in [1.54, 1.807) is 6.20 Å². The Kier molecular flexibility index (Phi) is 3.85. The van der Waals surface area contributed by atoms with Crippen LogP contribution in [-0.2, 0) is 6.54 Å². The fourth-order valence-corrected chi connectivity index (χ4v) is 2.95. The quantitative estimate of drug-likeness (QED) is 0.932. The number of oxazole rings is 1. The third-order valence-electron chi connectivity index (χ3n) is 3.74. The second-order valence-corrected chi connectivity index (χ2v) is 5.78. The minimum atomic E-state index is 0.266. The van der Waals surface area contributed by atoms with Crippen molar-refractivity contribution in [3.8, 4) is 11.3 Å². The predicted molar refractivity (Wildman–Crippen MR) is 79.0 cm³/mol. The Labute approximate surface area is 119 Å². The highest BCUT2D eigenvalue weighted by Crippen LogP contribution is 2.22. The largest absolute Gasteiger partial charge is 0.439 e. The summed E-state index contributed by atoms with van der Waals surface area (Å²) in [5, 5.41) is 0. The molecule has 20 heavy (non-hydrogen) atoms. The molecule has 0 amide bonds. The van der Waals surface area contributed by atoms with E-state index in [0.29, 0.717) is 5.92 Å². The van der Waals surface area contributed by atoms with Gasteiger partial charge in [0, 0.05) is 24.7 Å². The first kappa shape index (κ1) is 13.3. The van der Waals surface area contributed by atoms with Crippen LogP contribution in [-0.4, -0.2) is 29.0 Å². The van der Waals surface area contributed by atoms with Crippen molar-refractivity contribution in [2.45, 2.75) is 25.9 Å². The average Bonchev–Trinajstić information content (AvgIpc) is 2.87. The Morgan fingerprint density at radius 2 is 2.10 bits per heavy atom. The minimum Gasteiger partial charge on any atom is -0.439 e. The van der Waals surface area contributed by atoms with E-state index < -0.39 is 0 Å². The van der Waals surface area contributed by atoms with Gasteiger partial charge in [-0.15, -0.1) is 0 Å². The normalized spacial score (nSPS) is 23.9. The molecule has 106 valence electrons. The van der Waals surface area contributed by atoms with Crippen molar-refractivity contribution in [2.75, 3.05) is 13.1 Å². The number of rotatable bonds is 3. The van der Waals surface area contributed by atoms with Gasteiger partial charge in [-0.2, -0.15) is 0 Å². The van der Waals surface area contributed by atoms with Crippen molar-refractivity contribution in [2.24, 2.45) is 11.7 Å². The van der Waals surface area contributed by atoms with E-state index in [4.69, 9.17) is 10.2 Å². The Balaban J connectivity index is 1.68. The van der Waals surface area contributed by atoms with Gasteiger partial charge < -0.3 is 10.2 Å². The molecule has 1 saturated heterocycles. The zero-order valence-corrected chi connectivity index (χ0v) is 11.8. The van der Waals surface area contributed by atoms with Crippen molar-refractivity contribution in [1.29, 1.82) is 0 Å².